The van der Waals surface area contributed by atoms with E-state index in [1.54, 1.807) is 19.1 Å². The van der Waals surface area contributed by atoms with Crippen molar-refractivity contribution in [1.29, 1.82) is 0 Å². The molecule has 1 aliphatic rings. The summed E-state index contributed by atoms with van der Waals surface area (Å²) in [6.45, 7) is 2.25. The Morgan fingerprint density at radius 2 is 1.94 bits per heavy atom. The van der Waals surface area contributed by atoms with Crippen molar-refractivity contribution in [1.82, 2.24) is 20.2 Å². The number of ether oxygens (including phenoxy) is 2. The molecule has 0 saturated carbocycles. The number of hydrogen-bond acceptors (Lipinski definition) is 6. The standard InChI is InChI=1S/C23H18ClFN4O4/c1-2-32-19-11-15(8-9-18(19)33-20-16(25)12-26-22(24)28-20)10-17-21(30)29(23(31)27-17)13-14-6-4-3-5-7-14/h3-12H,2,13H2,1H3,(H,27,31)/b17-10+. The fraction of sp³-hybridized carbons (Fsp3) is 0.130. The van der Waals surface area contributed by atoms with E-state index in [-0.39, 0.29) is 29.2 Å². The number of benzene rings is 2. The maximum Gasteiger partial charge on any atom is 0.329 e. The smallest absolute Gasteiger partial charge is 0.329 e. The molecule has 33 heavy (non-hydrogen) atoms. The fourth-order valence-corrected chi connectivity index (χ4v) is 3.25. The van der Waals surface area contributed by atoms with E-state index in [4.69, 9.17) is 21.1 Å². The molecular weight excluding hydrogens is 451 g/mol. The summed E-state index contributed by atoms with van der Waals surface area (Å²) in [5.41, 5.74) is 1.53. The fourth-order valence-electron chi connectivity index (χ4n) is 3.12. The molecule has 1 N–H and O–H groups in total. The summed E-state index contributed by atoms with van der Waals surface area (Å²) in [4.78, 5) is 33.5. The van der Waals surface area contributed by atoms with Gasteiger partial charge in [-0.1, -0.05) is 36.4 Å². The largest absolute Gasteiger partial charge is 0.490 e. The van der Waals surface area contributed by atoms with Crippen molar-refractivity contribution >= 4 is 29.6 Å². The van der Waals surface area contributed by atoms with Crippen molar-refractivity contribution in [2.45, 2.75) is 13.5 Å². The minimum Gasteiger partial charge on any atom is -0.490 e. The molecule has 0 bridgehead atoms. The number of nitrogens with zero attached hydrogens (tertiary/aromatic N) is 3. The molecule has 3 amide bonds. The number of nitrogens with one attached hydrogen (secondary N) is 1. The Labute approximate surface area is 193 Å². The molecule has 0 atom stereocenters. The third-order valence-corrected chi connectivity index (χ3v) is 4.80. The van der Waals surface area contributed by atoms with Crippen LogP contribution in [0.1, 0.15) is 18.1 Å². The number of carbonyl (C=O) groups is 2. The molecule has 1 saturated heterocycles. The first-order chi connectivity index (χ1) is 15.9. The van der Waals surface area contributed by atoms with Crippen LogP contribution in [0.25, 0.3) is 6.08 Å². The predicted octanol–water partition coefficient (Wildman–Crippen LogP) is 4.55. The van der Waals surface area contributed by atoms with E-state index in [1.807, 2.05) is 30.3 Å². The van der Waals surface area contributed by atoms with Crippen molar-refractivity contribution in [2.75, 3.05) is 6.61 Å². The van der Waals surface area contributed by atoms with E-state index in [2.05, 4.69) is 15.3 Å². The van der Waals surface area contributed by atoms with Crippen LogP contribution in [0.5, 0.6) is 17.4 Å². The summed E-state index contributed by atoms with van der Waals surface area (Å²) in [5.74, 6) is -1.10. The van der Waals surface area contributed by atoms with Gasteiger partial charge in [0, 0.05) is 0 Å². The maximum atomic E-state index is 14.0. The Morgan fingerprint density at radius 1 is 1.15 bits per heavy atom. The van der Waals surface area contributed by atoms with Crippen LogP contribution in [-0.2, 0) is 11.3 Å². The Kier molecular flexibility index (Phi) is 6.50. The molecule has 0 spiro atoms. The van der Waals surface area contributed by atoms with Gasteiger partial charge in [-0.2, -0.15) is 9.37 Å². The number of urea groups is 1. The van der Waals surface area contributed by atoms with Crippen LogP contribution in [0.2, 0.25) is 5.28 Å². The first-order valence-corrected chi connectivity index (χ1v) is 10.3. The van der Waals surface area contributed by atoms with Crippen LogP contribution < -0.4 is 14.8 Å². The number of amides is 3. The summed E-state index contributed by atoms with van der Waals surface area (Å²) < 4.78 is 25.1. The van der Waals surface area contributed by atoms with Crippen molar-refractivity contribution in [3.05, 3.63) is 82.7 Å². The zero-order chi connectivity index (χ0) is 23.4. The number of imide groups is 1. The molecule has 10 heteroatoms. The molecule has 0 radical (unpaired) electrons. The number of hydrogen-bond donors (Lipinski definition) is 1. The average molecular weight is 469 g/mol. The van der Waals surface area contributed by atoms with E-state index in [0.717, 1.165) is 16.7 Å². The third kappa shape index (κ3) is 5.09. The first-order valence-electron chi connectivity index (χ1n) is 9.96. The van der Waals surface area contributed by atoms with Gasteiger partial charge >= 0.3 is 6.03 Å². The zero-order valence-electron chi connectivity index (χ0n) is 17.4. The number of rotatable bonds is 7. The van der Waals surface area contributed by atoms with Crippen molar-refractivity contribution in [3.8, 4) is 17.4 Å². The van der Waals surface area contributed by atoms with Gasteiger partial charge in [-0.3, -0.25) is 9.69 Å². The van der Waals surface area contributed by atoms with Crippen LogP contribution in [-0.4, -0.2) is 33.4 Å². The summed E-state index contributed by atoms with van der Waals surface area (Å²) in [7, 11) is 0. The topological polar surface area (TPSA) is 93.7 Å². The lowest BCUT2D eigenvalue weighted by Crippen LogP contribution is -2.30. The van der Waals surface area contributed by atoms with Gasteiger partial charge in [0.05, 0.1) is 19.3 Å². The molecule has 2 heterocycles. The summed E-state index contributed by atoms with van der Waals surface area (Å²) in [6.07, 6.45) is 2.43. The Balaban J connectivity index is 1.57. The van der Waals surface area contributed by atoms with Crippen LogP contribution in [0.15, 0.2) is 60.4 Å². The van der Waals surface area contributed by atoms with Crippen LogP contribution >= 0.6 is 11.6 Å². The van der Waals surface area contributed by atoms with E-state index < -0.39 is 17.8 Å². The average Bonchev–Trinajstić information content (AvgIpc) is 3.06. The lowest BCUT2D eigenvalue weighted by Gasteiger charge is -2.12. The van der Waals surface area contributed by atoms with Crippen LogP contribution in [0, 0.1) is 5.82 Å². The maximum absolute atomic E-state index is 14.0. The number of aromatic nitrogens is 2. The van der Waals surface area contributed by atoms with Crippen molar-refractivity contribution in [2.24, 2.45) is 0 Å². The minimum absolute atomic E-state index is 0.126. The molecule has 4 rings (SSSR count). The van der Waals surface area contributed by atoms with Gasteiger partial charge in [-0.25, -0.2) is 9.78 Å². The molecule has 0 aliphatic carbocycles. The SMILES string of the molecule is CCOc1cc(/C=C2/NC(=O)N(Cc3ccccc3)C2=O)ccc1Oc1nc(Cl)ncc1F. The summed E-state index contributed by atoms with van der Waals surface area (Å²) in [5, 5.41) is 2.42. The van der Waals surface area contributed by atoms with Gasteiger partial charge in [-0.05, 0) is 47.9 Å². The highest BCUT2D eigenvalue weighted by Gasteiger charge is 2.33. The molecule has 8 nitrogen and oxygen atoms in total. The molecule has 1 aliphatic heterocycles. The number of carbonyl (C=O) groups excluding carboxylic acids is 2. The molecule has 1 aromatic heterocycles. The number of halogens is 2. The lowest BCUT2D eigenvalue weighted by molar-refractivity contribution is -0.123. The molecular formula is C23H18ClFN4O4. The van der Waals surface area contributed by atoms with Gasteiger partial charge in [0.2, 0.25) is 11.1 Å². The monoisotopic (exact) mass is 468 g/mol. The van der Waals surface area contributed by atoms with Gasteiger partial charge in [0.25, 0.3) is 11.8 Å². The Hall–Kier alpha value is -3.98. The van der Waals surface area contributed by atoms with Crippen molar-refractivity contribution < 1.29 is 23.5 Å². The third-order valence-electron chi connectivity index (χ3n) is 4.61. The summed E-state index contributed by atoms with van der Waals surface area (Å²) in [6, 6.07) is 13.5. The quantitative estimate of drug-likeness (QED) is 0.310. The highest BCUT2D eigenvalue weighted by Crippen LogP contribution is 2.34. The van der Waals surface area contributed by atoms with E-state index in [9.17, 15) is 14.0 Å². The van der Waals surface area contributed by atoms with Gasteiger partial charge in [0.15, 0.2) is 11.5 Å². The van der Waals surface area contributed by atoms with Gasteiger partial charge < -0.3 is 14.8 Å². The van der Waals surface area contributed by atoms with Gasteiger partial charge in [0.1, 0.15) is 5.70 Å². The van der Waals surface area contributed by atoms with Crippen LogP contribution in [0.4, 0.5) is 9.18 Å². The normalized spacial score (nSPS) is 14.5. The van der Waals surface area contributed by atoms with Gasteiger partial charge in [-0.15, -0.1) is 0 Å². The Morgan fingerprint density at radius 3 is 2.70 bits per heavy atom. The highest BCUT2D eigenvalue weighted by molar-refractivity contribution is 6.28. The minimum atomic E-state index is -0.786. The first kappa shape index (κ1) is 22.2. The lowest BCUT2D eigenvalue weighted by atomic mass is 10.1. The van der Waals surface area contributed by atoms with E-state index in [0.29, 0.717) is 17.9 Å². The van der Waals surface area contributed by atoms with E-state index >= 15 is 0 Å². The molecule has 0 unspecified atom stereocenters. The second-order valence-corrected chi connectivity index (χ2v) is 7.24. The van der Waals surface area contributed by atoms with Crippen molar-refractivity contribution in [3.63, 3.8) is 0 Å². The molecule has 3 aromatic rings. The second-order valence-electron chi connectivity index (χ2n) is 6.90. The second kappa shape index (κ2) is 9.66. The molecule has 2 aromatic carbocycles. The molecule has 168 valence electrons. The predicted molar refractivity (Wildman–Crippen MR) is 118 cm³/mol. The Bertz CT molecular complexity index is 1240. The van der Waals surface area contributed by atoms with Crippen LogP contribution in [0.3, 0.4) is 0 Å². The molecule has 1 fully saturated rings. The highest BCUT2D eigenvalue weighted by atomic mass is 35.5. The van der Waals surface area contributed by atoms with E-state index in [1.165, 1.54) is 12.1 Å². The zero-order valence-corrected chi connectivity index (χ0v) is 18.2. The summed E-state index contributed by atoms with van der Waals surface area (Å²) >= 11 is 5.71.